The third-order valence-electron chi connectivity index (χ3n) is 1.65. The average molecular weight is 182 g/mol. The molecule has 3 nitrogen and oxygen atoms in total. The van der Waals surface area contributed by atoms with Crippen LogP contribution < -0.4 is 0 Å². The van der Waals surface area contributed by atoms with Crippen LogP contribution in [0, 0.1) is 0 Å². The molecule has 0 aromatic carbocycles. The van der Waals surface area contributed by atoms with Crippen molar-refractivity contribution in [2.24, 2.45) is 0 Å². The highest BCUT2D eigenvalue weighted by Crippen LogP contribution is 2.11. The minimum atomic E-state index is -0.562. The summed E-state index contributed by atoms with van der Waals surface area (Å²) in [6.07, 6.45) is 4.20. The van der Waals surface area contributed by atoms with Gasteiger partial charge in [0.25, 0.3) is 0 Å². The fourth-order valence-electron chi connectivity index (χ4n) is 1.05. The summed E-state index contributed by atoms with van der Waals surface area (Å²) in [5, 5.41) is 0. The summed E-state index contributed by atoms with van der Waals surface area (Å²) in [6, 6.07) is 0. The molecule has 3 heteroatoms. The first-order valence-electron chi connectivity index (χ1n) is 4.14. The van der Waals surface area contributed by atoms with Crippen LogP contribution in [0.4, 0.5) is 0 Å². The van der Waals surface area contributed by atoms with Gasteiger partial charge in [-0.3, -0.25) is 4.79 Å². The van der Waals surface area contributed by atoms with Crippen molar-refractivity contribution in [3.8, 4) is 0 Å². The van der Waals surface area contributed by atoms with Crippen molar-refractivity contribution in [1.82, 2.24) is 0 Å². The maximum atomic E-state index is 11.1. The lowest BCUT2D eigenvalue weighted by Crippen LogP contribution is -2.07. The lowest BCUT2D eigenvalue weighted by atomic mass is 10.1. The van der Waals surface area contributed by atoms with E-state index in [0.29, 0.717) is 12.0 Å². The maximum absolute atomic E-state index is 11.1. The summed E-state index contributed by atoms with van der Waals surface area (Å²) in [4.78, 5) is 21.1. The molecular formula is C10H14O3. The zero-order valence-electron chi connectivity index (χ0n) is 8.16. The molecule has 0 amide bonds. The van der Waals surface area contributed by atoms with Gasteiger partial charge in [-0.1, -0.05) is 19.1 Å². The molecule has 0 aliphatic heterocycles. The summed E-state index contributed by atoms with van der Waals surface area (Å²) >= 11 is 0. The average Bonchev–Trinajstić information content (AvgIpc) is 2.06. The zero-order chi connectivity index (χ0) is 10.3. The fourth-order valence-corrected chi connectivity index (χ4v) is 1.05. The van der Waals surface area contributed by atoms with Crippen LogP contribution in [0.25, 0.3) is 0 Å². The highest BCUT2D eigenvalue weighted by molar-refractivity contribution is 5.93. The van der Waals surface area contributed by atoms with Gasteiger partial charge in [-0.2, -0.15) is 0 Å². The Balaban J connectivity index is 4.75. The van der Waals surface area contributed by atoms with Gasteiger partial charge in [0, 0.05) is 5.57 Å². The number of hydrogen-bond donors (Lipinski definition) is 0. The van der Waals surface area contributed by atoms with Gasteiger partial charge in [0.15, 0.2) is 0 Å². The second kappa shape index (κ2) is 6.17. The Morgan fingerprint density at radius 3 is 2.46 bits per heavy atom. The maximum Gasteiger partial charge on any atom is 0.341 e. The van der Waals surface area contributed by atoms with Crippen molar-refractivity contribution < 1.29 is 14.3 Å². The van der Waals surface area contributed by atoms with Crippen molar-refractivity contribution in [2.45, 2.75) is 27.2 Å². The smallest absolute Gasteiger partial charge is 0.341 e. The molecule has 0 saturated heterocycles. The van der Waals surface area contributed by atoms with E-state index in [1.165, 1.54) is 0 Å². The molecule has 0 bridgehead atoms. The lowest BCUT2D eigenvalue weighted by molar-refractivity contribution is -0.148. The minimum absolute atomic E-state index is 0.154. The largest absolute Gasteiger partial charge is 0.392 e. The third-order valence-corrected chi connectivity index (χ3v) is 1.65. The number of allylic oxidation sites excluding steroid dienone is 3. The lowest BCUT2D eigenvalue weighted by Gasteiger charge is -2.03. The molecular weight excluding hydrogens is 168 g/mol. The van der Waals surface area contributed by atoms with Gasteiger partial charge in [-0.15, -0.1) is 0 Å². The summed E-state index contributed by atoms with van der Waals surface area (Å²) in [7, 11) is 0. The van der Waals surface area contributed by atoms with Crippen LogP contribution in [0.3, 0.4) is 0 Å². The molecule has 0 aliphatic rings. The Kier molecular flexibility index (Phi) is 5.52. The Bertz CT molecular complexity index is 249. The fraction of sp³-hybridized carbons (Fsp3) is 0.400. The van der Waals surface area contributed by atoms with Crippen LogP contribution >= 0.6 is 0 Å². The molecule has 0 spiro atoms. The van der Waals surface area contributed by atoms with Crippen LogP contribution in [-0.4, -0.2) is 12.4 Å². The van der Waals surface area contributed by atoms with Crippen LogP contribution in [-0.2, 0) is 14.3 Å². The number of rotatable bonds is 4. The van der Waals surface area contributed by atoms with Crippen molar-refractivity contribution in [3.05, 3.63) is 23.3 Å². The van der Waals surface area contributed by atoms with Crippen LogP contribution in [0.2, 0.25) is 0 Å². The Morgan fingerprint density at radius 2 is 2.08 bits per heavy atom. The molecule has 0 saturated carbocycles. The van der Waals surface area contributed by atoms with Crippen molar-refractivity contribution in [1.29, 1.82) is 0 Å². The van der Waals surface area contributed by atoms with Crippen LogP contribution in [0.15, 0.2) is 23.3 Å². The van der Waals surface area contributed by atoms with Gasteiger partial charge < -0.3 is 4.74 Å². The molecule has 0 unspecified atom stereocenters. The van der Waals surface area contributed by atoms with E-state index in [2.05, 4.69) is 4.74 Å². The minimum Gasteiger partial charge on any atom is -0.392 e. The SMILES string of the molecule is CC=CC(C)=C(CC)C(=O)OC=O. The van der Waals surface area contributed by atoms with Gasteiger partial charge in [-0.05, 0) is 25.8 Å². The van der Waals surface area contributed by atoms with Gasteiger partial charge in [0.05, 0.1) is 0 Å². The molecule has 0 aromatic heterocycles. The molecule has 0 rings (SSSR count). The second-order valence-corrected chi connectivity index (χ2v) is 2.52. The zero-order valence-corrected chi connectivity index (χ0v) is 8.16. The molecule has 0 heterocycles. The standard InChI is InChI=1S/C10H14O3/c1-4-6-8(3)9(5-2)10(12)13-7-11/h4,6-7H,5H2,1-3H3. The van der Waals surface area contributed by atoms with E-state index in [9.17, 15) is 9.59 Å². The van der Waals surface area contributed by atoms with Gasteiger partial charge in [0.2, 0.25) is 0 Å². The molecule has 0 aromatic rings. The molecule has 0 fully saturated rings. The Morgan fingerprint density at radius 1 is 1.46 bits per heavy atom. The van der Waals surface area contributed by atoms with E-state index < -0.39 is 5.97 Å². The first-order chi connectivity index (χ1) is 6.17. The van der Waals surface area contributed by atoms with Gasteiger partial charge in [-0.25, -0.2) is 4.79 Å². The van der Waals surface area contributed by atoms with E-state index in [1.54, 1.807) is 0 Å². The summed E-state index contributed by atoms with van der Waals surface area (Å²) in [5.74, 6) is -0.562. The molecule has 0 N–H and O–H groups in total. The molecule has 0 aliphatic carbocycles. The second-order valence-electron chi connectivity index (χ2n) is 2.52. The Labute approximate surface area is 78.1 Å². The van der Waals surface area contributed by atoms with E-state index >= 15 is 0 Å². The first-order valence-corrected chi connectivity index (χ1v) is 4.14. The van der Waals surface area contributed by atoms with Crippen molar-refractivity contribution in [3.63, 3.8) is 0 Å². The normalized spacial score (nSPS) is 12.5. The Hall–Kier alpha value is -1.38. The van der Waals surface area contributed by atoms with Gasteiger partial charge >= 0.3 is 12.4 Å². The molecule has 72 valence electrons. The number of carbonyl (C=O) groups is 2. The van der Waals surface area contributed by atoms with Crippen LogP contribution in [0.1, 0.15) is 27.2 Å². The number of esters is 1. The van der Waals surface area contributed by atoms with E-state index in [0.717, 1.165) is 5.57 Å². The topological polar surface area (TPSA) is 43.4 Å². The number of ether oxygens (including phenoxy) is 1. The van der Waals surface area contributed by atoms with Crippen molar-refractivity contribution in [2.75, 3.05) is 0 Å². The predicted molar refractivity (Wildman–Crippen MR) is 50.0 cm³/mol. The summed E-state index contributed by atoms with van der Waals surface area (Å²) < 4.78 is 4.25. The van der Waals surface area contributed by atoms with E-state index in [4.69, 9.17) is 0 Å². The third kappa shape index (κ3) is 3.69. The summed E-state index contributed by atoms with van der Waals surface area (Å²) in [5.41, 5.74) is 1.36. The van der Waals surface area contributed by atoms with E-state index in [1.807, 2.05) is 32.9 Å². The molecule has 0 radical (unpaired) electrons. The molecule has 13 heavy (non-hydrogen) atoms. The monoisotopic (exact) mass is 182 g/mol. The van der Waals surface area contributed by atoms with Crippen LogP contribution in [0.5, 0.6) is 0 Å². The first kappa shape index (κ1) is 11.6. The highest BCUT2D eigenvalue weighted by atomic mass is 16.6. The summed E-state index contributed by atoms with van der Waals surface area (Å²) in [6.45, 7) is 5.67. The van der Waals surface area contributed by atoms with E-state index in [-0.39, 0.29) is 6.47 Å². The highest BCUT2D eigenvalue weighted by Gasteiger charge is 2.10. The quantitative estimate of drug-likeness (QED) is 0.219. The number of carbonyl (C=O) groups excluding carboxylic acids is 2. The predicted octanol–water partition coefficient (Wildman–Crippen LogP) is 1.99. The molecule has 0 atom stereocenters. The number of hydrogen-bond acceptors (Lipinski definition) is 3. The van der Waals surface area contributed by atoms with Gasteiger partial charge in [0.1, 0.15) is 0 Å². The van der Waals surface area contributed by atoms with Crippen molar-refractivity contribution >= 4 is 12.4 Å².